The molecule has 1 aromatic carbocycles. The summed E-state index contributed by atoms with van der Waals surface area (Å²) in [6, 6.07) is 3.85. The van der Waals surface area contributed by atoms with E-state index < -0.39 is 5.82 Å². The van der Waals surface area contributed by atoms with E-state index in [0.29, 0.717) is 25.3 Å². The lowest BCUT2D eigenvalue weighted by atomic mass is 9.90. The lowest BCUT2D eigenvalue weighted by Crippen LogP contribution is -2.26. The SMILES string of the molecule is C=C(N)CCc1cc(C)c(O[B]C(C)(F)F)c(C)c1. The van der Waals surface area contributed by atoms with Crippen LogP contribution < -0.4 is 10.4 Å². The van der Waals surface area contributed by atoms with E-state index in [1.54, 1.807) is 0 Å². The summed E-state index contributed by atoms with van der Waals surface area (Å²) in [6.45, 7) is 8.12. The van der Waals surface area contributed by atoms with E-state index >= 15 is 0 Å². The number of benzene rings is 1. The minimum atomic E-state index is -2.95. The molecular formula is C14H19BF2NO. The molecular weight excluding hydrogens is 247 g/mol. The molecule has 0 saturated carbocycles. The molecule has 0 amide bonds. The highest BCUT2D eigenvalue weighted by molar-refractivity contribution is 6.31. The summed E-state index contributed by atoms with van der Waals surface area (Å²) in [7, 11) is 0.559. The monoisotopic (exact) mass is 266 g/mol. The lowest BCUT2D eigenvalue weighted by molar-refractivity contribution is 0.102. The van der Waals surface area contributed by atoms with Gasteiger partial charge in [0.15, 0.2) is 0 Å². The highest BCUT2D eigenvalue weighted by Gasteiger charge is 2.27. The van der Waals surface area contributed by atoms with Gasteiger partial charge in [-0.25, -0.2) is 8.78 Å². The second-order valence-electron chi connectivity index (χ2n) is 4.91. The van der Waals surface area contributed by atoms with Gasteiger partial charge in [-0.15, -0.1) is 0 Å². The summed E-state index contributed by atoms with van der Waals surface area (Å²) in [5.74, 6) is -2.47. The van der Waals surface area contributed by atoms with Gasteiger partial charge in [-0.2, -0.15) is 0 Å². The number of halogens is 2. The zero-order valence-electron chi connectivity index (χ0n) is 11.6. The summed E-state index contributed by atoms with van der Waals surface area (Å²) < 4.78 is 30.6. The van der Waals surface area contributed by atoms with E-state index in [1.165, 1.54) is 0 Å². The fourth-order valence-corrected chi connectivity index (χ4v) is 1.84. The molecule has 0 heterocycles. The zero-order valence-corrected chi connectivity index (χ0v) is 11.6. The van der Waals surface area contributed by atoms with E-state index in [2.05, 4.69) is 6.58 Å². The van der Waals surface area contributed by atoms with Crippen molar-refractivity contribution in [2.45, 2.75) is 39.4 Å². The van der Waals surface area contributed by atoms with Gasteiger partial charge in [0.05, 0.1) is 0 Å². The van der Waals surface area contributed by atoms with Gasteiger partial charge in [0.25, 0.3) is 5.82 Å². The Hall–Kier alpha value is -1.52. The number of rotatable bonds is 6. The smallest absolute Gasteiger partial charge is 0.453 e. The lowest BCUT2D eigenvalue weighted by Gasteiger charge is -2.16. The molecule has 1 rings (SSSR count). The average molecular weight is 266 g/mol. The molecule has 0 saturated heterocycles. The van der Waals surface area contributed by atoms with Crippen LogP contribution >= 0.6 is 0 Å². The number of allylic oxidation sites excluding steroid dienone is 1. The van der Waals surface area contributed by atoms with Crippen LogP contribution in [0.5, 0.6) is 5.75 Å². The molecule has 1 radical (unpaired) electrons. The van der Waals surface area contributed by atoms with Crippen molar-refractivity contribution in [2.75, 3.05) is 0 Å². The van der Waals surface area contributed by atoms with Crippen LogP contribution in [0, 0.1) is 13.8 Å². The highest BCUT2D eigenvalue weighted by Crippen LogP contribution is 2.26. The van der Waals surface area contributed by atoms with Gasteiger partial charge in [-0.05, 0) is 50.3 Å². The molecule has 0 aliphatic heterocycles. The summed E-state index contributed by atoms with van der Waals surface area (Å²) in [6.07, 6.45) is 1.49. The molecule has 19 heavy (non-hydrogen) atoms. The van der Waals surface area contributed by atoms with Crippen molar-refractivity contribution in [1.82, 2.24) is 0 Å². The Balaban J connectivity index is 2.82. The van der Waals surface area contributed by atoms with Gasteiger partial charge in [0, 0.05) is 5.70 Å². The first-order valence-corrected chi connectivity index (χ1v) is 6.11. The third-order valence-electron chi connectivity index (χ3n) is 2.64. The van der Waals surface area contributed by atoms with Crippen LogP contribution in [0.1, 0.15) is 30.0 Å². The Morgan fingerprint density at radius 1 is 1.37 bits per heavy atom. The van der Waals surface area contributed by atoms with E-state index in [1.807, 2.05) is 26.0 Å². The third-order valence-corrected chi connectivity index (χ3v) is 2.64. The van der Waals surface area contributed by atoms with Crippen molar-refractivity contribution < 1.29 is 13.4 Å². The minimum Gasteiger partial charge on any atom is -0.557 e. The quantitative estimate of drug-likeness (QED) is 0.801. The Morgan fingerprint density at radius 2 is 1.89 bits per heavy atom. The van der Waals surface area contributed by atoms with E-state index in [-0.39, 0.29) is 0 Å². The van der Waals surface area contributed by atoms with Gasteiger partial charge < -0.3 is 10.4 Å². The number of aryl methyl sites for hydroxylation is 3. The highest BCUT2D eigenvalue weighted by atomic mass is 19.3. The summed E-state index contributed by atoms with van der Waals surface area (Å²) in [5.41, 5.74) is 8.93. The van der Waals surface area contributed by atoms with Crippen LogP contribution in [0.15, 0.2) is 24.4 Å². The summed E-state index contributed by atoms with van der Waals surface area (Å²) in [4.78, 5) is 0. The largest absolute Gasteiger partial charge is 0.557 e. The molecule has 0 bridgehead atoms. The second-order valence-corrected chi connectivity index (χ2v) is 4.91. The summed E-state index contributed by atoms with van der Waals surface area (Å²) >= 11 is 0. The predicted octanol–water partition coefficient (Wildman–Crippen LogP) is 3.32. The summed E-state index contributed by atoms with van der Waals surface area (Å²) in [5, 5.41) is 0. The molecule has 5 heteroatoms. The van der Waals surface area contributed by atoms with E-state index in [4.69, 9.17) is 10.4 Å². The fourth-order valence-electron chi connectivity index (χ4n) is 1.84. The Labute approximate surface area is 113 Å². The second kappa shape index (κ2) is 6.09. The molecule has 2 N–H and O–H groups in total. The fraction of sp³-hybridized carbons (Fsp3) is 0.429. The maximum Gasteiger partial charge on any atom is 0.453 e. The number of hydrogen-bond donors (Lipinski definition) is 1. The van der Waals surface area contributed by atoms with Crippen LogP contribution in [0.25, 0.3) is 0 Å². The standard InChI is InChI=1S/C14H19BF2NO/c1-9-7-12(6-5-11(3)18)8-10(2)13(9)19-15-14(4,16)17/h7-8H,3,5-6,18H2,1-2,4H3. The normalized spacial score (nSPS) is 11.2. The van der Waals surface area contributed by atoms with Gasteiger partial charge >= 0.3 is 7.48 Å². The molecule has 0 aromatic heterocycles. The molecule has 1 aromatic rings. The van der Waals surface area contributed by atoms with Gasteiger partial charge in [0.1, 0.15) is 5.75 Å². The van der Waals surface area contributed by atoms with Crippen molar-refractivity contribution in [3.05, 3.63) is 41.1 Å². The van der Waals surface area contributed by atoms with E-state index in [9.17, 15) is 8.78 Å². The van der Waals surface area contributed by atoms with Crippen molar-refractivity contribution in [1.29, 1.82) is 0 Å². The maximum atomic E-state index is 12.8. The first kappa shape index (κ1) is 15.5. The number of hydrogen-bond acceptors (Lipinski definition) is 2. The number of alkyl halides is 2. The maximum absolute atomic E-state index is 12.8. The predicted molar refractivity (Wildman–Crippen MR) is 74.6 cm³/mol. The molecule has 0 spiro atoms. The molecule has 0 fully saturated rings. The van der Waals surface area contributed by atoms with Crippen LogP contribution in [-0.4, -0.2) is 13.3 Å². The number of nitrogens with two attached hydrogens (primary N) is 1. The van der Waals surface area contributed by atoms with Crippen LogP contribution in [0.4, 0.5) is 8.78 Å². The van der Waals surface area contributed by atoms with Crippen molar-refractivity contribution in [2.24, 2.45) is 5.73 Å². The molecule has 0 aliphatic carbocycles. The molecule has 0 aliphatic rings. The van der Waals surface area contributed by atoms with Crippen molar-refractivity contribution >= 4 is 7.48 Å². The van der Waals surface area contributed by atoms with Crippen LogP contribution in [0.3, 0.4) is 0 Å². The Kier molecular flexibility index (Phi) is 4.98. The Bertz CT molecular complexity index is 446. The zero-order chi connectivity index (χ0) is 14.6. The van der Waals surface area contributed by atoms with Gasteiger partial charge in [0.2, 0.25) is 0 Å². The van der Waals surface area contributed by atoms with Crippen molar-refractivity contribution in [3.8, 4) is 5.75 Å². The van der Waals surface area contributed by atoms with Crippen LogP contribution in [0.2, 0.25) is 0 Å². The third kappa shape index (κ3) is 5.33. The molecule has 2 nitrogen and oxygen atoms in total. The van der Waals surface area contributed by atoms with Crippen LogP contribution in [-0.2, 0) is 6.42 Å². The Morgan fingerprint density at radius 3 is 2.32 bits per heavy atom. The van der Waals surface area contributed by atoms with Gasteiger partial charge in [-0.3, -0.25) is 0 Å². The molecule has 0 unspecified atom stereocenters. The topological polar surface area (TPSA) is 35.2 Å². The first-order chi connectivity index (χ1) is 8.69. The molecule has 103 valence electrons. The van der Waals surface area contributed by atoms with Gasteiger partial charge in [-0.1, -0.05) is 18.7 Å². The minimum absolute atomic E-state index is 0.483. The van der Waals surface area contributed by atoms with Crippen molar-refractivity contribution in [3.63, 3.8) is 0 Å². The van der Waals surface area contributed by atoms with E-state index in [0.717, 1.165) is 30.0 Å². The average Bonchev–Trinajstić information content (AvgIpc) is 2.23. The first-order valence-electron chi connectivity index (χ1n) is 6.11. The molecule has 0 atom stereocenters.